The summed E-state index contributed by atoms with van der Waals surface area (Å²) in [6.45, 7) is 2.13. The molecule has 0 aliphatic rings. The van der Waals surface area contributed by atoms with Crippen LogP contribution in [0.15, 0.2) is 22.7 Å². The number of halogens is 2. The van der Waals surface area contributed by atoms with E-state index < -0.39 is 5.97 Å². The van der Waals surface area contributed by atoms with Crippen molar-refractivity contribution < 1.29 is 14.3 Å². The zero-order valence-corrected chi connectivity index (χ0v) is 10.4. The monoisotopic (exact) mass is 289 g/mol. The number of benzene rings is 1. The molecule has 1 unspecified atom stereocenters. The first-order valence-corrected chi connectivity index (χ1v) is 5.70. The predicted octanol–water partition coefficient (Wildman–Crippen LogP) is 2.71. The van der Waals surface area contributed by atoms with Gasteiger partial charge in [0.1, 0.15) is 5.82 Å². The highest BCUT2D eigenvalue weighted by atomic mass is 79.9. The topological polar surface area (TPSA) is 49.3 Å². The van der Waals surface area contributed by atoms with Crippen molar-refractivity contribution in [3.63, 3.8) is 0 Å². The van der Waals surface area contributed by atoms with E-state index in [-0.39, 0.29) is 18.3 Å². The van der Waals surface area contributed by atoms with Crippen LogP contribution in [0.1, 0.15) is 24.9 Å². The third kappa shape index (κ3) is 3.90. The maximum Gasteiger partial charge on any atom is 0.304 e. The molecule has 0 radical (unpaired) electrons. The van der Waals surface area contributed by atoms with Gasteiger partial charge in [0.15, 0.2) is 0 Å². The average Bonchev–Trinajstić information content (AvgIpc) is 2.16. The lowest BCUT2D eigenvalue weighted by molar-refractivity contribution is -0.136. The van der Waals surface area contributed by atoms with Crippen molar-refractivity contribution in [2.24, 2.45) is 0 Å². The molecule has 0 aliphatic heterocycles. The third-order valence-electron chi connectivity index (χ3n) is 2.22. The number of carboxylic acids is 1. The summed E-state index contributed by atoms with van der Waals surface area (Å²) in [7, 11) is 0. The van der Waals surface area contributed by atoms with Gasteiger partial charge in [0.2, 0.25) is 0 Å². The molecule has 0 aromatic heterocycles. The number of carbonyl (C=O) groups is 1. The molecule has 0 amide bonds. The van der Waals surface area contributed by atoms with Crippen LogP contribution >= 0.6 is 15.9 Å². The second kappa shape index (κ2) is 5.96. The van der Waals surface area contributed by atoms with Crippen molar-refractivity contribution in [2.75, 3.05) is 6.54 Å². The molecule has 88 valence electrons. The Hall–Kier alpha value is -0.940. The molecule has 0 saturated heterocycles. The van der Waals surface area contributed by atoms with Crippen LogP contribution in [-0.4, -0.2) is 17.6 Å². The smallest absolute Gasteiger partial charge is 0.304 e. The lowest BCUT2D eigenvalue weighted by Gasteiger charge is -2.14. The van der Waals surface area contributed by atoms with Crippen molar-refractivity contribution in [3.8, 4) is 0 Å². The van der Waals surface area contributed by atoms with Gasteiger partial charge in [-0.2, -0.15) is 0 Å². The normalized spacial score (nSPS) is 12.4. The molecule has 0 spiro atoms. The quantitative estimate of drug-likeness (QED) is 0.876. The van der Waals surface area contributed by atoms with Gasteiger partial charge >= 0.3 is 5.97 Å². The SMILES string of the molecule is CC(NCCC(=O)O)c1ccc(Br)cc1F. The molecule has 0 heterocycles. The Bertz CT molecular complexity index is 384. The summed E-state index contributed by atoms with van der Waals surface area (Å²) in [6, 6.07) is 4.63. The first-order chi connectivity index (χ1) is 7.50. The summed E-state index contributed by atoms with van der Waals surface area (Å²) in [5.74, 6) is -1.17. The van der Waals surface area contributed by atoms with Crippen LogP contribution in [0.5, 0.6) is 0 Å². The molecule has 0 saturated carbocycles. The minimum Gasteiger partial charge on any atom is -0.481 e. The molecule has 1 aromatic carbocycles. The molecule has 1 atom stereocenters. The molecular weight excluding hydrogens is 277 g/mol. The van der Waals surface area contributed by atoms with Crippen molar-refractivity contribution in [2.45, 2.75) is 19.4 Å². The van der Waals surface area contributed by atoms with Gasteiger partial charge in [-0.1, -0.05) is 22.0 Å². The Labute approximate surface area is 102 Å². The fourth-order valence-corrected chi connectivity index (χ4v) is 1.69. The Balaban J connectivity index is 2.58. The van der Waals surface area contributed by atoms with Gasteiger partial charge in [0.05, 0.1) is 6.42 Å². The van der Waals surface area contributed by atoms with Gasteiger partial charge in [-0.3, -0.25) is 4.79 Å². The zero-order valence-electron chi connectivity index (χ0n) is 8.84. The highest BCUT2D eigenvalue weighted by molar-refractivity contribution is 9.10. The van der Waals surface area contributed by atoms with E-state index in [4.69, 9.17) is 5.11 Å². The highest BCUT2D eigenvalue weighted by Crippen LogP contribution is 2.20. The summed E-state index contributed by atoms with van der Waals surface area (Å²) in [5.41, 5.74) is 0.536. The van der Waals surface area contributed by atoms with Crippen molar-refractivity contribution in [1.82, 2.24) is 5.32 Å². The fourth-order valence-electron chi connectivity index (χ4n) is 1.36. The number of carboxylic acid groups (broad SMARTS) is 1. The van der Waals surface area contributed by atoms with Crippen LogP contribution in [0.25, 0.3) is 0 Å². The molecule has 1 rings (SSSR count). The highest BCUT2D eigenvalue weighted by Gasteiger charge is 2.10. The van der Waals surface area contributed by atoms with Gasteiger partial charge in [0.25, 0.3) is 0 Å². The van der Waals surface area contributed by atoms with E-state index in [1.165, 1.54) is 6.07 Å². The molecule has 2 N–H and O–H groups in total. The largest absolute Gasteiger partial charge is 0.481 e. The number of hydrogen-bond donors (Lipinski definition) is 2. The summed E-state index contributed by atoms with van der Waals surface area (Å²) in [6.07, 6.45) is 0.0302. The van der Waals surface area contributed by atoms with Crippen LogP contribution in [0.4, 0.5) is 4.39 Å². The van der Waals surface area contributed by atoms with Crippen LogP contribution in [0.2, 0.25) is 0 Å². The molecule has 1 aromatic rings. The molecule has 0 bridgehead atoms. The molecule has 0 aliphatic carbocycles. The number of aliphatic carboxylic acids is 1. The van der Waals surface area contributed by atoms with E-state index in [1.54, 1.807) is 19.1 Å². The lowest BCUT2D eigenvalue weighted by Crippen LogP contribution is -2.22. The second-order valence-electron chi connectivity index (χ2n) is 3.49. The van der Waals surface area contributed by atoms with Crippen LogP contribution in [0, 0.1) is 5.82 Å². The van der Waals surface area contributed by atoms with E-state index in [0.717, 1.165) is 0 Å². The van der Waals surface area contributed by atoms with Gasteiger partial charge in [0, 0.05) is 22.6 Å². The van der Waals surface area contributed by atoms with Crippen LogP contribution in [0.3, 0.4) is 0 Å². The molecule has 16 heavy (non-hydrogen) atoms. The Kier molecular flexibility index (Phi) is 4.89. The van der Waals surface area contributed by atoms with Crippen molar-refractivity contribution >= 4 is 21.9 Å². The van der Waals surface area contributed by atoms with E-state index in [2.05, 4.69) is 21.2 Å². The maximum atomic E-state index is 13.5. The molecule has 5 heteroatoms. The van der Waals surface area contributed by atoms with Crippen molar-refractivity contribution in [3.05, 3.63) is 34.1 Å². The van der Waals surface area contributed by atoms with Gasteiger partial charge in [-0.15, -0.1) is 0 Å². The maximum absolute atomic E-state index is 13.5. The number of rotatable bonds is 5. The zero-order chi connectivity index (χ0) is 12.1. The molecule has 0 fully saturated rings. The summed E-state index contributed by atoms with van der Waals surface area (Å²) < 4.78 is 14.2. The first-order valence-electron chi connectivity index (χ1n) is 4.91. The van der Waals surface area contributed by atoms with Gasteiger partial charge in [-0.05, 0) is 19.1 Å². The number of hydrogen-bond acceptors (Lipinski definition) is 2. The second-order valence-corrected chi connectivity index (χ2v) is 4.40. The standard InChI is InChI=1S/C11H13BrFNO2/c1-7(14-5-4-11(15)16)9-3-2-8(12)6-10(9)13/h2-3,6-7,14H,4-5H2,1H3,(H,15,16). The summed E-state index contributed by atoms with van der Waals surface area (Å²) in [5, 5.41) is 11.4. The fraction of sp³-hybridized carbons (Fsp3) is 0.364. The summed E-state index contributed by atoms with van der Waals surface area (Å²) in [4.78, 5) is 10.3. The Morgan fingerprint density at radius 3 is 2.88 bits per heavy atom. The van der Waals surface area contributed by atoms with E-state index >= 15 is 0 Å². The van der Waals surface area contributed by atoms with Crippen LogP contribution < -0.4 is 5.32 Å². The van der Waals surface area contributed by atoms with Crippen LogP contribution in [-0.2, 0) is 4.79 Å². The minimum atomic E-state index is -0.865. The average molecular weight is 290 g/mol. The van der Waals surface area contributed by atoms with E-state index in [9.17, 15) is 9.18 Å². The van der Waals surface area contributed by atoms with Crippen molar-refractivity contribution in [1.29, 1.82) is 0 Å². The minimum absolute atomic E-state index is 0.0302. The number of nitrogens with one attached hydrogen (secondary N) is 1. The predicted molar refractivity (Wildman–Crippen MR) is 62.8 cm³/mol. The van der Waals surface area contributed by atoms with E-state index in [0.29, 0.717) is 16.6 Å². The lowest BCUT2D eigenvalue weighted by atomic mass is 10.1. The summed E-state index contributed by atoms with van der Waals surface area (Å²) >= 11 is 3.18. The van der Waals surface area contributed by atoms with Gasteiger partial charge in [-0.25, -0.2) is 4.39 Å². The molecule has 3 nitrogen and oxygen atoms in total. The van der Waals surface area contributed by atoms with Gasteiger partial charge < -0.3 is 10.4 Å². The first kappa shape index (κ1) is 13.1. The van der Waals surface area contributed by atoms with E-state index in [1.807, 2.05) is 0 Å². The Morgan fingerprint density at radius 2 is 2.31 bits per heavy atom. The third-order valence-corrected chi connectivity index (χ3v) is 2.71. The molecular formula is C11H13BrFNO2. The Morgan fingerprint density at radius 1 is 1.62 bits per heavy atom.